The number of unbranched alkanes of at least 4 members (excludes halogenated alkanes) is 1. The van der Waals surface area contributed by atoms with Crippen LogP contribution in [0.15, 0.2) is 60.9 Å². The van der Waals surface area contributed by atoms with Gasteiger partial charge in [0, 0.05) is 56.7 Å². The van der Waals surface area contributed by atoms with E-state index < -0.39 is 6.04 Å². The number of rotatable bonds is 5. The van der Waals surface area contributed by atoms with Crippen molar-refractivity contribution in [1.82, 2.24) is 34.9 Å². The van der Waals surface area contributed by atoms with E-state index in [2.05, 4.69) is 85.0 Å². The van der Waals surface area contributed by atoms with E-state index in [4.69, 9.17) is 0 Å². The van der Waals surface area contributed by atoms with Crippen LogP contribution in [0.5, 0.6) is 0 Å². The molecule has 1 aromatic heterocycles. The van der Waals surface area contributed by atoms with Gasteiger partial charge in [-0.2, -0.15) is 0 Å². The molecule has 0 aliphatic carbocycles. The monoisotopic (exact) mass is 625 g/mol. The Morgan fingerprint density at radius 1 is 0.826 bits per heavy atom. The van der Waals surface area contributed by atoms with Crippen molar-refractivity contribution in [2.75, 3.05) is 64.0 Å². The largest absolute Gasteiger partial charge is 0.343 e. The molecule has 1 unspecified atom stereocenters. The number of hydrogen-bond donors (Lipinski definition) is 3. The molecule has 0 radical (unpaired) electrons. The maximum absolute atomic E-state index is 13.9. The Morgan fingerprint density at radius 2 is 1.50 bits per heavy atom. The molecule has 46 heavy (non-hydrogen) atoms. The topological polar surface area (TPSA) is 109 Å². The zero-order valence-corrected chi connectivity index (χ0v) is 27.1. The van der Waals surface area contributed by atoms with E-state index in [0.29, 0.717) is 37.7 Å². The van der Waals surface area contributed by atoms with Gasteiger partial charge in [0.25, 0.3) is 0 Å². The van der Waals surface area contributed by atoms with E-state index in [1.54, 1.807) is 6.33 Å². The number of carbonyl (C=O) groups excluding carboxylic acids is 2. The molecule has 244 valence electrons. The lowest BCUT2D eigenvalue weighted by Crippen LogP contribution is -2.56. The number of hydrogen-bond acceptors (Lipinski definition) is 9. The van der Waals surface area contributed by atoms with Gasteiger partial charge in [0.05, 0.1) is 6.04 Å². The highest BCUT2D eigenvalue weighted by Gasteiger charge is 2.35. The minimum atomic E-state index is -0.503. The molecule has 0 spiro atoms. The first-order valence-corrected chi connectivity index (χ1v) is 16.6. The quantitative estimate of drug-likeness (QED) is 0.365. The van der Waals surface area contributed by atoms with Crippen molar-refractivity contribution in [3.63, 3.8) is 0 Å². The molecule has 2 atom stereocenters. The van der Waals surface area contributed by atoms with Crippen LogP contribution in [0.3, 0.4) is 0 Å². The molecule has 3 N–H and O–H groups in total. The van der Waals surface area contributed by atoms with Crippen molar-refractivity contribution >= 4 is 34.8 Å². The van der Waals surface area contributed by atoms with Gasteiger partial charge in [0.15, 0.2) is 0 Å². The van der Waals surface area contributed by atoms with Crippen molar-refractivity contribution in [1.29, 1.82) is 0 Å². The van der Waals surface area contributed by atoms with Gasteiger partial charge in [-0.05, 0) is 94.7 Å². The second-order valence-corrected chi connectivity index (χ2v) is 13.0. The predicted molar refractivity (Wildman–Crippen MR) is 181 cm³/mol. The van der Waals surface area contributed by atoms with Gasteiger partial charge < -0.3 is 25.8 Å². The summed E-state index contributed by atoms with van der Waals surface area (Å²) < 4.78 is 0. The molecule has 4 aliphatic heterocycles. The summed E-state index contributed by atoms with van der Waals surface area (Å²) >= 11 is 0. The SMILES string of the molecule is CN(C)CCCC[C@@H]1NC(=O)C2CCCN2Cc2cccc(c2)Nc2cc(ncn2)Nc2cccc(c2)CN2CCN(CC2)C1=O. The molecule has 5 heterocycles. The van der Waals surface area contributed by atoms with Crippen LogP contribution >= 0.6 is 0 Å². The fraction of sp³-hybridized carbons (Fsp3) is 0.486. The number of nitrogens with zero attached hydrogens (tertiary/aromatic N) is 6. The van der Waals surface area contributed by atoms with Crippen LogP contribution in [0.4, 0.5) is 23.0 Å². The van der Waals surface area contributed by atoms with Gasteiger partial charge in [-0.3, -0.25) is 19.4 Å². The molecule has 3 aromatic rings. The lowest BCUT2D eigenvalue weighted by molar-refractivity contribution is -0.139. The van der Waals surface area contributed by atoms with Crippen LogP contribution in [-0.4, -0.2) is 107 Å². The molecule has 0 saturated carbocycles. The molecule has 2 aromatic carbocycles. The lowest BCUT2D eigenvalue weighted by atomic mass is 10.1. The highest BCUT2D eigenvalue weighted by atomic mass is 16.2. The molecule has 11 nitrogen and oxygen atoms in total. The van der Waals surface area contributed by atoms with Crippen LogP contribution in [0.25, 0.3) is 0 Å². The number of fused-ring (bicyclic) bond motifs is 5. The third-order valence-electron chi connectivity index (χ3n) is 9.17. The highest BCUT2D eigenvalue weighted by Crippen LogP contribution is 2.25. The molecule has 2 fully saturated rings. The summed E-state index contributed by atoms with van der Waals surface area (Å²) in [6.45, 7) is 6.16. The van der Waals surface area contributed by atoms with E-state index in [0.717, 1.165) is 75.3 Å². The zero-order valence-electron chi connectivity index (χ0n) is 27.1. The van der Waals surface area contributed by atoms with Crippen LogP contribution in [0, 0.1) is 0 Å². The third kappa shape index (κ3) is 8.39. The fourth-order valence-electron chi connectivity index (χ4n) is 6.74. The summed E-state index contributed by atoms with van der Waals surface area (Å²) in [6, 6.07) is 17.8. The van der Waals surface area contributed by atoms with E-state index in [1.165, 1.54) is 5.56 Å². The maximum atomic E-state index is 13.9. The van der Waals surface area contributed by atoms with Gasteiger partial charge in [-0.25, -0.2) is 9.97 Å². The van der Waals surface area contributed by atoms with E-state index in [-0.39, 0.29) is 17.9 Å². The van der Waals surface area contributed by atoms with Crippen molar-refractivity contribution < 1.29 is 9.59 Å². The Bertz CT molecular complexity index is 1490. The third-order valence-corrected chi connectivity index (χ3v) is 9.17. The Kier molecular flexibility index (Phi) is 10.4. The minimum Gasteiger partial charge on any atom is -0.343 e. The maximum Gasteiger partial charge on any atom is 0.245 e. The molecule has 8 bridgehead atoms. The Hall–Kier alpha value is -4.06. The molecule has 4 aliphatic rings. The molecule has 11 heteroatoms. The van der Waals surface area contributed by atoms with Gasteiger partial charge in [0.1, 0.15) is 24.0 Å². The second kappa shape index (κ2) is 15.0. The molecular formula is C35H47N9O2. The molecule has 2 saturated heterocycles. The number of anilines is 4. The summed E-state index contributed by atoms with van der Waals surface area (Å²) in [7, 11) is 4.13. The lowest BCUT2D eigenvalue weighted by Gasteiger charge is -2.37. The Balaban J connectivity index is 1.25. The average molecular weight is 626 g/mol. The van der Waals surface area contributed by atoms with Crippen molar-refractivity contribution in [3.05, 3.63) is 72.1 Å². The minimum absolute atomic E-state index is 0.0318. The highest BCUT2D eigenvalue weighted by molar-refractivity contribution is 5.90. The number of amides is 2. The van der Waals surface area contributed by atoms with Crippen molar-refractivity contribution in [2.24, 2.45) is 0 Å². The number of nitrogens with one attached hydrogen (secondary N) is 3. The number of piperazine rings is 1. The van der Waals surface area contributed by atoms with Gasteiger partial charge in [-0.1, -0.05) is 24.3 Å². The first-order chi connectivity index (χ1) is 22.4. The normalized spacial score (nSPS) is 22.6. The second-order valence-electron chi connectivity index (χ2n) is 13.0. The predicted octanol–water partition coefficient (Wildman–Crippen LogP) is 3.80. The fourth-order valence-corrected chi connectivity index (χ4v) is 6.74. The zero-order chi connectivity index (χ0) is 31.9. The Morgan fingerprint density at radius 3 is 2.17 bits per heavy atom. The van der Waals surface area contributed by atoms with Crippen LogP contribution < -0.4 is 16.0 Å². The number of aromatic nitrogens is 2. The molecular weight excluding hydrogens is 578 g/mol. The summed E-state index contributed by atoms with van der Waals surface area (Å²) in [5.41, 5.74) is 4.19. The van der Waals surface area contributed by atoms with Gasteiger partial charge >= 0.3 is 0 Å². The number of benzene rings is 2. The smallest absolute Gasteiger partial charge is 0.245 e. The van der Waals surface area contributed by atoms with E-state index in [9.17, 15) is 9.59 Å². The van der Waals surface area contributed by atoms with E-state index >= 15 is 0 Å². The van der Waals surface area contributed by atoms with Crippen molar-refractivity contribution in [3.8, 4) is 0 Å². The van der Waals surface area contributed by atoms with Gasteiger partial charge in [-0.15, -0.1) is 0 Å². The first kappa shape index (κ1) is 31.9. The summed E-state index contributed by atoms with van der Waals surface area (Å²) in [4.78, 5) is 45.4. The van der Waals surface area contributed by atoms with E-state index in [1.807, 2.05) is 29.2 Å². The molecule has 7 rings (SSSR count). The Labute approximate surface area is 272 Å². The van der Waals surface area contributed by atoms with Crippen molar-refractivity contribution in [2.45, 2.75) is 57.3 Å². The molecule has 2 amide bonds. The van der Waals surface area contributed by atoms with Crippen LogP contribution in [-0.2, 0) is 22.7 Å². The summed E-state index contributed by atoms with van der Waals surface area (Å²) in [6.07, 6.45) is 5.84. The number of carbonyl (C=O) groups is 2. The average Bonchev–Trinajstić information content (AvgIpc) is 3.51. The van der Waals surface area contributed by atoms with Crippen LogP contribution in [0.1, 0.15) is 43.2 Å². The van der Waals surface area contributed by atoms with Gasteiger partial charge in [0.2, 0.25) is 11.8 Å². The summed E-state index contributed by atoms with van der Waals surface area (Å²) in [5.74, 6) is 1.42. The summed E-state index contributed by atoms with van der Waals surface area (Å²) in [5, 5.41) is 10.1. The standard InChI is InChI=1S/C35H47N9O2/c1-41(2)14-4-3-12-30-35(46)43-18-16-42(17-19-43)23-26-8-5-10-28(20-26)38-32-22-33(37-25-36-32)39-29-11-6-9-27(21-29)24-44-15-7-13-31(44)34(45)40-30/h5-6,8-11,20-22,25,30-31H,3-4,7,12-19,23-24H2,1-2H3,(H,40,45)(H2,36,37,38,39)/t30-,31?/m0/s1. The van der Waals surface area contributed by atoms with Crippen LogP contribution in [0.2, 0.25) is 0 Å². The first-order valence-electron chi connectivity index (χ1n) is 16.6.